The highest BCUT2D eigenvalue weighted by Crippen LogP contribution is 2.32. The van der Waals surface area contributed by atoms with Gasteiger partial charge < -0.3 is 15.0 Å². The minimum Gasteiger partial charge on any atom is -0.491 e. The van der Waals surface area contributed by atoms with Gasteiger partial charge in [0.15, 0.2) is 0 Å². The summed E-state index contributed by atoms with van der Waals surface area (Å²) in [5.74, 6) is 0.130. The van der Waals surface area contributed by atoms with Crippen molar-refractivity contribution in [2.24, 2.45) is 0 Å². The van der Waals surface area contributed by atoms with E-state index >= 15 is 0 Å². The summed E-state index contributed by atoms with van der Waals surface area (Å²) in [5.41, 5.74) is 0.305. The molecule has 1 atom stereocenters. The predicted molar refractivity (Wildman–Crippen MR) is 84.5 cm³/mol. The third kappa shape index (κ3) is 3.47. The normalized spacial score (nSPS) is 17.8. The first-order chi connectivity index (χ1) is 10.3. The molecule has 5 heteroatoms. The van der Waals surface area contributed by atoms with E-state index in [1.54, 1.807) is 0 Å². The lowest BCUT2D eigenvalue weighted by Gasteiger charge is -2.31. The fourth-order valence-electron chi connectivity index (χ4n) is 2.46. The molecule has 0 fully saturated rings. The van der Waals surface area contributed by atoms with Crippen LogP contribution in [0.4, 0.5) is 0 Å². The zero-order valence-electron chi connectivity index (χ0n) is 13.3. The lowest BCUT2D eigenvalue weighted by atomic mass is 10.0. The SMILES string of the molecule is C=CC(=O)N1CCOc2ccccc2C1C(=O)NC(C)(C)C. The molecule has 1 aromatic carbocycles. The standard InChI is InChI=1S/C17H22N2O3/c1-5-14(20)19-10-11-22-13-9-7-6-8-12(13)15(19)16(21)18-17(2,3)4/h5-9,15H,1,10-11H2,2-4H3,(H,18,21). The molecule has 5 nitrogen and oxygen atoms in total. The van der Waals surface area contributed by atoms with Gasteiger partial charge in [-0.1, -0.05) is 24.8 Å². The summed E-state index contributed by atoms with van der Waals surface area (Å²) >= 11 is 0. The minimum absolute atomic E-state index is 0.222. The Labute approximate surface area is 130 Å². The molecule has 2 rings (SSSR count). The van der Waals surface area contributed by atoms with E-state index in [4.69, 9.17) is 4.74 Å². The third-order valence-electron chi connectivity index (χ3n) is 3.32. The number of carbonyl (C=O) groups is 2. The molecular weight excluding hydrogens is 280 g/mol. The molecule has 0 bridgehead atoms. The van der Waals surface area contributed by atoms with Crippen LogP contribution >= 0.6 is 0 Å². The Morgan fingerprint density at radius 1 is 1.36 bits per heavy atom. The molecule has 0 aromatic heterocycles. The first kappa shape index (κ1) is 16.1. The number of amides is 2. The van der Waals surface area contributed by atoms with Gasteiger partial charge in [0, 0.05) is 11.1 Å². The Bertz CT molecular complexity index is 590. The fraction of sp³-hybridized carbons (Fsp3) is 0.412. The monoisotopic (exact) mass is 302 g/mol. The van der Waals surface area contributed by atoms with Crippen LogP contribution in [0.15, 0.2) is 36.9 Å². The topological polar surface area (TPSA) is 58.6 Å². The summed E-state index contributed by atoms with van der Waals surface area (Å²) < 4.78 is 5.68. The highest BCUT2D eigenvalue weighted by molar-refractivity contribution is 5.94. The molecule has 1 heterocycles. The molecule has 22 heavy (non-hydrogen) atoms. The lowest BCUT2D eigenvalue weighted by Crippen LogP contribution is -2.49. The van der Waals surface area contributed by atoms with Gasteiger partial charge >= 0.3 is 0 Å². The van der Waals surface area contributed by atoms with Gasteiger partial charge in [-0.25, -0.2) is 0 Å². The number of para-hydroxylation sites is 1. The summed E-state index contributed by atoms with van der Waals surface area (Å²) in [6.07, 6.45) is 1.23. The number of nitrogens with one attached hydrogen (secondary N) is 1. The molecule has 1 aliphatic rings. The molecule has 0 spiro atoms. The number of ether oxygens (including phenoxy) is 1. The number of hydrogen-bond acceptors (Lipinski definition) is 3. The Kier molecular flexibility index (Phi) is 4.54. The van der Waals surface area contributed by atoms with Crippen molar-refractivity contribution in [1.82, 2.24) is 10.2 Å². The zero-order chi connectivity index (χ0) is 16.3. The van der Waals surface area contributed by atoms with Gasteiger partial charge in [-0.15, -0.1) is 0 Å². The lowest BCUT2D eigenvalue weighted by molar-refractivity contribution is -0.138. The second-order valence-electron chi connectivity index (χ2n) is 6.26. The average molecular weight is 302 g/mol. The predicted octanol–water partition coefficient (Wildman–Crippen LogP) is 2.05. The maximum atomic E-state index is 12.8. The van der Waals surface area contributed by atoms with Gasteiger partial charge in [0.25, 0.3) is 0 Å². The number of carbonyl (C=O) groups excluding carboxylic acids is 2. The Morgan fingerprint density at radius 2 is 2.05 bits per heavy atom. The number of rotatable bonds is 2. The van der Waals surface area contributed by atoms with Gasteiger partial charge in [-0.3, -0.25) is 9.59 Å². The fourth-order valence-corrected chi connectivity index (χ4v) is 2.46. The van der Waals surface area contributed by atoms with Crippen LogP contribution in [0.1, 0.15) is 32.4 Å². The third-order valence-corrected chi connectivity index (χ3v) is 3.32. The Hall–Kier alpha value is -2.30. The number of benzene rings is 1. The van der Waals surface area contributed by atoms with Crippen molar-refractivity contribution in [3.8, 4) is 5.75 Å². The number of nitrogens with zero attached hydrogens (tertiary/aromatic N) is 1. The van der Waals surface area contributed by atoms with E-state index in [0.29, 0.717) is 24.5 Å². The molecule has 1 aromatic rings. The smallest absolute Gasteiger partial charge is 0.248 e. The van der Waals surface area contributed by atoms with E-state index in [-0.39, 0.29) is 17.4 Å². The molecular formula is C17H22N2O3. The van der Waals surface area contributed by atoms with E-state index in [1.165, 1.54) is 11.0 Å². The zero-order valence-corrected chi connectivity index (χ0v) is 13.3. The van der Waals surface area contributed by atoms with Gasteiger partial charge in [0.05, 0.1) is 6.54 Å². The first-order valence-electron chi connectivity index (χ1n) is 7.30. The van der Waals surface area contributed by atoms with Gasteiger partial charge in [-0.2, -0.15) is 0 Å². The second kappa shape index (κ2) is 6.22. The quantitative estimate of drug-likeness (QED) is 0.851. The van der Waals surface area contributed by atoms with E-state index in [1.807, 2.05) is 45.0 Å². The highest BCUT2D eigenvalue weighted by atomic mass is 16.5. The average Bonchev–Trinajstić information content (AvgIpc) is 2.63. The van der Waals surface area contributed by atoms with E-state index in [0.717, 1.165) is 0 Å². The number of hydrogen-bond donors (Lipinski definition) is 1. The van der Waals surface area contributed by atoms with Crippen LogP contribution in [0.3, 0.4) is 0 Å². The van der Waals surface area contributed by atoms with Crippen molar-refractivity contribution in [3.05, 3.63) is 42.5 Å². The van der Waals surface area contributed by atoms with Crippen molar-refractivity contribution in [1.29, 1.82) is 0 Å². The summed E-state index contributed by atoms with van der Waals surface area (Å²) in [6.45, 7) is 9.92. The van der Waals surface area contributed by atoms with Crippen molar-refractivity contribution in [2.45, 2.75) is 32.4 Å². The van der Waals surface area contributed by atoms with Crippen LogP contribution in [-0.4, -0.2) is 35.4 Å². The first-order valence-corrected chi connectivity index (χ1v) is 7.30. The van der Waals surface area contributed by atoms with E-state index < -0.39 is 6.04 Å². The molecule has 0 aliphatic carbocycles. The molecule has 1 unspecified atom stereocenters. The van der Waals surface area contributed by atoms with Crippen molar-refractivity contribution < 1.29 is 14.3 Å². The number of fused-ring (bicyclic) bond motifs is 1. The van der Waals surface area contributed by atoms with Crippen LogP contribution in [-0.2, 0) is 9.59 Å². The Morgan fingerprint density at radius 3 is 2.68 bits per heavy atom. The second-order valence-corrected chi connectivity index (χ2v) is 6.26. The Balaban J connectivity index is 2.46. The van der Waals surface area contributed by atoms with Crippen LogP contribution < -0.4 is 10.1 Å². The van der Waals surface area contributed by atoms with Crippen molar-refractivity contribution in [2.75, 3.05) is 13.2 Å². The van der Waals surface area contributed by atoms with Gasteiger partial charge in [-0.05, 0) is 32.9 Å². The molecule has 1 N–H and O–H groups in total. The van der Waals surface area contributed by atoms with Crippen LogP contribution in [0.5, 0.6) is 5.75 Å². The summed E-state index contributed by atoms with van der Waals surface area (Å²) in [6, 6.07) is 6.60. The highest BCUT2D eigenvalue weighted by Gasteiger charge is 2.35. The van der Waals surface area contributed by atoms with Crippen LogP contribution in [0.25, 0.3) is 0 Å². The molecule has 0 radical (unpaired) electrons. The largest absolute Gasteiger partial charge is 0.491 e. The van der Waals surface area contributed by atoms with E-state index in [9.17, 15) is 9.59 Å². The maximum Gasteiger partial charge on any atom is 0.248 e. The summed E-state index contributed by atoms with van der Waals surface area (Å²) in [7, 11) is 0. The molecule has 1 aliphatic heterocycles. The van der Waals surface area contributed by atoms with E-state index in [2.05, 4.69) is 11.9 Å². The van der Waals surface area contributed by atoms with Crippen molar-refractivity contribution in [3.63, 3.8) is 0 Å². The molecule has 0 saturated heterocycles. The molecule has 118 valence electrons. The minimum atomic E-state index is -0.719. The maximum absolute atomic E-state index is 12.8. The van der Waals surface area contributed by atoms with Gasteiger partial charge in [0.2, 0.25) is 11.8 Å². The van der Waals surface area contributed by atoms with Crippen LogP contribution in [0.2, 0.25) is 0 Å². The molecule has 2 amide bonds. The van der Waals surface area contributed by atoms with Gasteiger partial charge in [0.1, 0.15) is 18.4 Å². The summed E-state index contributed by atoms with van der Waals surface area (Å²) in [4.78, 5) is 26.4. The van der Waals surface area contributed by atoms with Crippen molar-refractivity contribution >= 4 is 11.8 Å². The van der Waals surface area contributed by atoms with Crippen LogP contribution in [0, 0.1) is 0 Å². The molecule has 0 saturated carbocycles. The summed E-state index contributed by atoms with van der Waals surface area (Å²) in [5, 5.41) is 2.94.